The predicted octanol–water partition coefficient (Wildman–Crippen LogP) is 1.71. The van der Waals surface area contributed by atoms with Crippen molar-refractivity contribution in [1.29, 1.82) is 0 Å². The van der Waals surface area contributed by atoms with Gasteiger partial charge in [-0.05, 0) is 38.0 Å². The van der Waals surface area contributed by atoms with Crippen LogP contribution in [0.4, 0.5) is 0 Å². The fourth-order valence-corrected chi connectivity index (χ4v) is 2.88. The SMILES string of the molecule is CCN1CCC2(CC1)CC(=O)OC2CN=[N+]=[N-]. The van der Waals surface area contributed by atoms with Gasteiger partial charge in [0.15, 0.2) is 0 Å². The standard InChI is InChI=1S/C11H18N4O2/c1-2-15-5-3-11(4-6-15)7-10(16)17-9(11)8-13-14-12/h9H,2-8H2,1H3. The molecule has 2 heterocycles. The van der Waals surface area contributed by atoms with Crippen molar-refractivity contribution in [3.05, 3.63) is 10.4 Å². The molecule has 1 unspecified atom stereocenters. The first-order chi connectivity index (χ1) is 8.20. The second-order valence-corrected chi connectivity index (χ2v) is 4.87. The molecule has 6 heteroatoms. The summed E-state index contributed by atoms with van der Waals surface area (Å²) < 4.78 is 5.30. The molecule has 1 atom stereocenters. The first-order valence-electron chi connectivity index (χ1n) is 6.13. The number of hydrogen-bond donors (Lipinski definition) is 0. The van der Waals surface area contributed by atoms with Gasteiger partial charge in [-0.1, -0.05) is 12.0 Å². The molecular formula is C11H18N4O2. The number of carbonyl (C=O) groups excluding carboxylic acids is 1. The molecule has 0 aromatic heterocycles. The first kappa shape index (κ1) is 12.2. The molecule has 0 amide bonds. The topological polar surface area (TPSA) is 78.3 Å². The molecule has 0 bridgehead atoms. The predicted molar refractivity (Wildman–Crippen MR) is 62.3 cm³/mol. The van der Waals surface area contributed by atoms with Crippen LogP contribution in [-0.2, 0) is 9.53 Å². The van der Waals surface area contributed by atoms with E-state index in [1.165, 1.54) is 0 Å². The van der Waals surface area contributed by atoms with Gasteiger partial charge in [-0.25, -0.2) is 0 Å². The normalized spacial score (nSPS) is 27.8. The van der Waals surface area contributed by atoms with Gasteiger partial charge < -0.3 is 9.64 Å². The molecule has 2 aliphatic heterocycles. The van der Waals surface area contributed by atoms with E-state index in [1.807, 2.05) is 0 Å². The van der Waals surface area contributed by atoms with Gasteiger partial charge in [-0.3, -0.25) is 4.79 Å². The van der Waals surface area contributed by atoms with Gasteiger partial charge in [0.2, 0.25) is 0 Å². The molecule has 0 radical (unpaired) electrons. The van der Waals surface area contributed by atoms with E-state index in [-0.39, 0.29) is 24.0 Å². The molecule has 17 heavy (non-hydrogen) atoms. The Morgan fingerprint density at radius 2 is 2.29 bits per heavy atom. The van der Waals surface area contributed by atoms with E-state index >= 15 is 0 Å². The lowest BCUT2D eigenvalue weighted by atomic mass is 9.73. The molecule has 0 aromatic rings. The minimum absolute atomic E-state index is 0.0864. The van der Waals surface area contributed by atoms with Gasteiger partial charge in [-0.15, -0.1) is 0 Å². The smallest absolute Gasteiger partial charge is 0.306 e. The minimum Gasteiger partial charge on any atom is -0.462 e. The molecule has 2 fully saturated rings. The van der Waals surface area contributed by atoms with Crippen molar-refractivity contribution in [3.8, 4) is 0 Å². The Morgan fingerprint density at radius 3 is 2.88 bits per heavy atom. The zero-order chi connectivity index (χ0) is 12.3. The maximum atomic E-state index is 11.5. The van der Waals surface area contributed by atoms with Crippen LogP contribution in [0, 0.1) is 5.41 Å². The van der Waals surface area contributed by atoms with E-state index in [0.717, 1.165) is 32.5 Å². The van der Waals surface area contributed by atoms with E-state index in [4.69, 9.17) is 10.3 Å². The number of carbonyl (C=O) groups is 1. The summed E-state index contributed by atoms with van der Waals surface area (Å²) in [7, 11) is 0. The second kappa shape index (κ2) is 4.94. The van der Waals surface area contributed by atoms with Crippen molar-refractivity contribution < 1.29 is 9.53 Å². The number of azide groups is 1. The van der Waals surface area contributed by atoms with Crippen LogP contribution in [0.2, 0.25) is 0 Å². The van der Waals surface area contributed by atoms with Gasteiger partial charge in [0.25, 0.3) is 0 Å². The molecule has 0 aliphatic carbocycles. The second-order valence-electron chi connectivity index (χ2n) is 4.87. The highest BCUT2D eigenvalue weighted by Crippen LogP contribution is 2.44. The summed E-state index contributed by atoms with van der Waals surface area (Å²) in [6.07, 6.45) is 2.18. The van der Waals surface area contributed by atoms with Crippen LogP contribution in [-0.4, -0.2) is 43.2 Å². The molecule has 0 aromatic carbocycles. The summed E-state index contributed by atoms with van der Waals surface area (Å²) in [5.74, 6) is -0.145. The maximum absolute atomic E-state index is 11.5. The van der Waals surface area contributed by atoms with E-state index in [1.54, 1.807) is 0 Å². The van der Waals surface area contributed by atoms with Gasteiger partial charge >= 0.3 is 5.97 Å². The third-order valence-corrected chi connectivity index (χ3v) is 4.06. The molecule has 2 aliphatic rings. The Bertz CT molecular complexity index is 343. The first-order valence-corrected chi connectivity index (χ1v) is 6.13. The lowest BCUT2D eigenvalue weighted by Crippen LogP contribution is -2.44. The Labute approximate surface area is 101 Å². The van der Waals surface area contributed by atoms with E-state index in [2.05, 4.69) is 21.8 Å². The Balaban J connectivity index is 2.06. The third kappa shape index (κ3) is 2.37. The highest BCUT2D eigenvalue weighted by molar-refractivity contribution is 5.73. The number of nitrogens with zero attached hydrogens (tertiary/aromatic N) is 4. The summed E-state index contributed by atoms with van der Waals surface area (Å²) >= 11 is 0. The van der Waals surface area contributed by atoms with Gasteiger partial charge in [0, 0.05) is 10.3 Å². The third-order valence-electron chi connectivity index (χ3n) is 4.06. The van der Waals surface area contributed by atoms with Crippen LogP contribution in [0.1, 0.15) is 26.2 Å². The lowest BCUT2D eigenvalue weighted by Gasteiger charge is -2.40. The van der Waals surface area contributed by atoms with Crippen LogP contribution in [0.3, 0.4) is 0 Å². The van der Waals surface area contributed by atoms with E-state index in [9.17, 15) is 4.79 Å². The Morgan fingerprint density at radius 1 is 1.59 bits per heavy atom. The van der Waals surface area contributed by atoms with Crippen LogP contribution in [0.25, 0.3) is 10.4 Å². The number of likely N-dealkylation sites (tertiary alicyclic amines) is 1. The quantitative estimate of drug-likeness (QED) is 0.325. The number of rotatable bonds is 3. The Kier molecular flexibility index (Phi) is 3.54. The van der Waals surface area contributed by atoms with Crippen LogP contribution in [0.15, 0.2) is 5.11 Å². The number of ether oxygens (including phenoxy) is 1. The van der Waals surface area contributed by atoms with Gasteiger partial charge in [-0.2, -0.15) is 0 Å². The van der Waals surface area contributed by atoms with Crippen molar-refractivity contribution in [2.45, 2.75) is 32.3 Å². The van der Waals surface area contributed by atoms with Crippen molar-refractivity contribution in [3.63, 3.8) is 0 Å². The van der Waals surface area contributed by atoms with E-state index in [0.29, 0.717) is 6.42 Å². The zero-order valence-electron chi connectivity index (χ0n) is 10.1. The fraction of sp³-hybridized carbons (Fsp3) is 0.909. The van der Waals surface area contributed by atoms with Crippen molar-refractivity contribution in [1.82, 2.24) is 4.90 Å². The fourth-order valence-electron chi connectivity index (χ4n) is 2.88. The molecular weight excluding hydrogens is 220 g/mol. The van der Waals surface area contributed by atoms with E-state index < -0.39 is 0 Å². The molecule has 2 saturated heterocycles. The number of hydrogen-bond acceptors (Lipinski definition) is 4. The molecule has 6 nitrogen and oxygen atoms in total. The summed E-state index contributed by atoms with van der Waals surface area (Å²) in [4.78, 5) is 16.6. The van der Waals surface area contributed by atoms with Crippen LogP contribution in [0.5, 0.6) is 0 Å². The maximum Gasteiger partial charge on any atom is 0.306 e. The summed E-state index contributed by atoms with van der Waals surface area (Å²) in [6.45, 7) is 5.46. The molecule has 0 saturated carbocycles. The van der Waals surface area contributed by atoms with Gasteiger partial charge in [0.1, 0.15) is 6.10 Å². The highest BCUT2D eigenvalue weighted by atomic mass is 16.6. The summed E-state index contributed by atoms with van der Waals surface area (Å²) in [5.41, 5.74) is 8.28. The van der Waals surface area contributed by atoms with Gasteiger partial charge in [0.05, 0.1) is 13.0 Å². The largest absolute Gasteiger partial charge is 0.462 e. The highest BCUT2D eigenvalue weighted by Gasteiger charge is 2.49. The monoisotopic (exact) mass is 238 g/mol. The number of esters is 1. The lowest BCUT2D eigenvalue weighted by molar-refractivity contribution is -0.141. The van der Waals surface area contributed by atoms with Crippen molar-refractivity contribution in [2.75, 3.05) is 26.2 Å². The van der Waals surface area contributed by atoms with Crippen LogP contribution < -0.4 is 0 Å². The number of piperidine rings is 1. The Hall–Kier alpha value is -1.26. The van der Waals surface area contributed by atoms with Crippen LogP contribution >= 0.6 is 0 Å². The molecule has 0 N–H and O–H groups in total. The number of cyclic esters (lactones) is 1. The summed E-state index contributed by atoms with van der Waals surface area (Å²) in [6, 6.07) is 0. The van der Waals surface area contributed by atoms with Crippen molar-refractivity contribution in [2.24, 2.45) is 10.5 Å². The average Bonchev–Trinajstić information content (AvgIpc) is 2.64. The molecule has 2 rings (SSSR count). The average molecular weight is 238 g/mol. The molecule has 1 spiro atoms. The van der Waals surface area contributed by atoms with Crippen molar-refractivity contribution >= 4 is 5.97 Å². The zero-order valence-corrected chi connectivity index (χ0v) is 10.1. The summed E-state index contributed by atoms with van der Waals surface area (Å²) in [5, 5.41) is 3.57. The minimum atomic E-state index is -0.218. The molecule has 94 valence electrons.